The number of nitrogens with zero attached hydrogens (tertiary/aromatic N) is 4. The van der Waals surface area contributed by atoms with Gasteiger partial charge in [0.2, 0.25) is 10.0 Å². The molecule has 182 valence electrons. The molecule has 3 aromatic rings. The van der Waals surface area contributed by atoms with E-state index in [1.54, 1.807) is 0 Å². The molecule has 35 heavy (non-hydrogen) atoms. The van der Waals surface area contributed by atoms with Crippen LogP contribution >= 0.6 is 0 Å². The van der Waals surface area contributed by atoms with Gasteiger partial charge in [0.05, 0.1) is 27.5 Å². The van der Waals surface area contributed by atoms with Crippen LogP contribution in [0.1, 0.15) is 10.4 Å². The standard InChI is InChI=1S/C19H17N7O7S2/c20-16-14(25-23-10-5-7-11(8-6-10)34(22,29)30)9-15(35(31,32)33)17(21)18(16)26-24-13-4-2-1-3-12(13)19(27)28/h1-9H,20-21H2,(H,27,28)(H2,22,29,30)(H,31,32,33)/b25-23+,26-24+. The maximum atomic E-state index is 11.8. The van der Waals surface area contributed by atoms with E-state index in [0.717, 1.165) is 6.07 Å². The average molecular weight is 520 g/mol. The minimum Gasteiger partial charge on any atom is -0.478 e. The molecule has 3 rings (SSSR count). The third-order valence-electron chi connectivity index (χ3n) is 4.43. The molecule has 3 aromatic carbocycles. The number of sulfonamides is 1. The zero-order chi connectivity index (χ0) is 26.0. The molecule has 14 nitrogen and oxygen atoms in total. The Hall–Kier alpha value is -4.25. The van der Waals surface area contributed by atoms with Crippen LogP contribution in [-0.2, 0) is 20.1 Å². The highest BCUT2D eigenvalue weighted by Gasteiger charge is 2.22. The average Bonchev–Trinajstić information content (AvgIpc) is 2.77. The molecule has 0 aliphatic heterocycles. The van der Waals surface area contributed by atoms with Crippen molar-refractivity contribution in [3.05, 3.63) is 60.2 Å². The molecule has 0 amide bonds. The summed E-state index contributed by atoms with van der Waals surface area (Å²) < 4.78 is 55.9. The van der Waals surface area contributed by atoms with Crippen molar-refractivity contribution < 1.29 is 31.3 Å². The zero-order valence-electron chi connectivity index (χ0n) is 17.5. The molecule has 0 aromatic heterocycles. The Balaban J connectivity index is 2.11. The number of hydrogen-bond acceptors (Lipinski definition) is 11. The third kappa shape index (κ3) is 5.82. The van der Waals surface area contributed by atoms with Gasteiger partial charge in [-0.05, 0) is 42.5 Å². The molecule has 8 N–H and O–H groups in total. The van der Waals surface area contributed by atoms with Crippen molar-refractivity contribution in [2.45, 2.75) is 9.79 Å². The molecule has 0 radical (unpaired) electrons. The van der Waals surface area contributed by atoms with Crippen molar-refractivity contribution in [3.63, 3.8) is 0 Å². The van der Waals surface area contributed by atoms with Gasteiger partial charge in [-0.1, -0.05) is 12.1 Å². The lowest BCUT2D eigenvalue weighted by Gasteiger charge is -2.10. The normalized spacial score (nSPS) is 12.4. The summed E-state index contributed by atoms with van der Waals surface area (Å²) in [6.45, 7) is 0. The summed E-state index contributed by atoms with van der Waals surface area (Å²) in [5, 5.41) is 29.6. The first-order valence-electron chi connectivity index (χ1n) is 9.27. The molecule has 0 heterocycles. The molecular weight excluding hydrogens is 502 g/mol. The Kier molecular flexibility index (Phi) is 6.92. The summed E-state index contributed by atoms with van der Waals surface area (Å²) in [6.07, 6.45) is 0. The summed E-state index contributed by atoms with van der Waals surface area (Å²) in [4.78, 5) is 10.4. The molecule has 16 heteroatoms. The monoisotopic (exact) mass is 519 g/mol. The van der Waals surface area contributed by atoms with Gasteiger partial charge in [-0.15, -0.1) is 15.3 Å². The summed E-state index contributed by atoms with van der Waals surface area (Å²) in [7, 11) is -8.79. The van der Waals surface area contributed by atoms with E-state index in [4.69, 9.17) is 16.6 Å². The van der Waals surface area contributed by atoms with E-state index in [0.29, 0.717) is 0 Å². The first kappa shape index (κ1) is 25.4. The maximum Gasteiger partial charge on any atom is 0.337 e. The SMILES string of the molecule is Nc1c(/N=N/c2ccc(S(N)(=O)=O)cc2)cc(S(=O)(=O)O)c(N)c1/N=N/c1ccccc1C(=O)O. The second-order valence-electron chi connectivity index (χ2n) is 6.81. The Morgan fingerprint density at radius 3 is 1.97 bits per heavy atom. The number of aromatic carboxylic acids is 1. The zero-order valence-corrected chi connectivity index (χ0v) is 19.1. The maximum absolute atomic E-state index is 11.8. The van der Waals surface area contributed by atoms with Crippen molar-refractivity contribution >= 4 is 60.2 Å². The lowest BCUT2D eigenvalue weighted by atomic mass is 10.2. The summed E-state index contributed by atoms with van der Waals surface area (Å²) >= 11 is 0. The van der Waals surface area contributed by atoms with Crippen LogP contribution in [-0.4, -0.2) is 32.5 Å². The molecule has 0 atom stereocenters. The van der Waals surface area contributed by atoms with Gasteiger partial charge in [0, 0.05) is 0 Å². The number of carbonyl (C=O) groups is 1. The fourth-order valence-corrected chi connectivity index (χ4v) is 3.88. The molecule has 0 fully saturated rings. The first-order chi connectivity index (χ1) is 16.3. The third-order valence-corrected chi connectivity index (χ3v) is 6.25. The molecule has 0 spiro atoms. The Morgan fingerprint density at radius 2 is 1.40 bits per heavy atom. The van der Waals surface area contributed by atoms with Crippen molar-refractivity contribution in [2.75, 3.05) is 11.5 Å². The van der Waals surface area contributed by atoms with Crippen LogP contribution in [0.15, 0.2) is 84.8 Å². The van der Waals surface area contributed by atoms with Crippen LogP contribution in [0.5, 0.6) is 0 Å². The molecule has 0 aliphatic carbocycles. The van der Waals surface area contributed by atoms with Crippen LogP contribution in [0, 0.1) is 0 Å². The largest absolute Gasteiger partial charge is 0.478 e. The van der Waals surface area contributed by atoms with Crippen LogP contribution in [0.3, 0.4) is 0 Å². The lowest BCUT2D eigenvalue weighted by Crippen LogP contribution is -2.11. The number of nitrogen functional groups attached to an aromatic ring is 2. The topological polar surface area (TPSA) is 253 Å². The number of carboxylic acid groups (broad SMARTS) is 1. The molecule has 0 aliphatic rings. The highest BCUT2D eigenvalue weighted by Crippen LogP contribution is 2.43. The molecule has 0 unspecified atom stereocenters. The van der Waals surface area contributed by atoms with Crippen LogP contribution in [0.4, 0.5) is 34.1 Å². The fraction of sp³-hybridized carbons (Fsp3) is 0. The molecule has 0 bridgehead atoms. The second kappa shape index (κ2) is 9.55. The highest BCUT2D eigenvalue weighted by molar-refractivity contribution is 7.89. The number of nitrogens with two attached hydrogens (primary N) is 3. The molecular formula is C19H17N7O7S2. The Bertz CT molecular complexity index is 1580. The minimum atomic E-state index is -4.86. The fourth-order valence-electron chi connectivity index (χ4n) is 2.73. The van der Waals surface area contributed by atoms with Crippen molar-refractivity contribution in [2.24, 2.45) is 25.6 Å². The Morgan fingerprint density at radius 1 is 0.800 bits per heavy atom. The van der Waals surface area contributed by atoms with Crippen LogP contribution < -0.4 is 16.6 Å². The number of azo groups is 2. The van der Waals surface area contributed by atoms with Crippen molar-refractivity contribution in [3.8, 4) is 0 Å². The van der Waals surface area contributed by atoms with Gasteiger partial charge < -0.3 is 16.6 Å². The lowest BCUT2D eigenvalue weighted by molar-refractivity contribution is 0.0697. The number of benzene rings is 3. The van der Waals surface area contributed by atoms with Crippen molar-refractivity contribution in [1.29, 1.82) is 0 Å². The smallest absolute Gasteiger partial charge is 0.337 e. The molecule has 0 saturated heterocycles. The van der Waals surface area contributed by atoms with E-state index >= 15 is 0 Å². The minimum absolute atomic E-state index is 0.0748. The number of rotatable bonds is 7. The molecule has 0 saturated carbocycles. The van der Waals surface area contributed by atoms with Crippen LogP contribution in [0.2, 0.25) is 0 Å². The first-order valence-corrected chi connectivity index (χ1v) is 12.3. The van der Waals surface area contributed by atoms with Gasteiger partial charge in [-0.25, -0.2) is 18.4 Å². The second-order valence-corrected chi connectivity index (χ2v) is 9.76. The van der Waals surface area contributed by atoms with Crippen molar-refractivity contribution in [1.82, 2.24) is 0 Å². The van der Waals surface area contributed by atoms with Gasteiger partial charge in [0.1, 0.15) is 22.0 Å². The quantitative estimate of drug-likeness (QED) is 0.174. The number of hydrogen-bond donors (Lipinski definition) is 5. The van der Waals surface area contributed by atoms with E-state index in [1.165, 1.54) is 48.5 Å². The van der Waals surface area contributed by atoms with E-state index in [-0.39, 0.29) is 33.2 Å². The van der Waals surface area contributed by atoms with Gasteiger partial charge in [-0.3, -0.25) is 4.55 Å². The predicted octanol–water partition coefficient (Wildman–Crippen LogP) is 3.27. The highest BCUT2D eigenvalue weighted by atomic mass is 32.2. The van der Waals surface area contributed by atoms with Gasteiger partial charge >= 0.3 is 5.97 Å². The van der Waals surface area contributed by atoms with Crippen LogP contribution in [0.25, 0.3) is 0 Å². The van der Waals surface area contributed by atoms with Gasteiger partial charge in [-0.2, -0.15) is 13.5 Å². The van der Waals surface area contributed by atoms with E-state index in [9.17, 15) is 31.3 Å². The van der Waals surface area contributed by atoms with Gasteiger partial charge in [0.15, 0.2) is 0 Å². The number of carboxylic acids is 1. The van der Waals surface area contributed by atoms with E-state index < -0.39 is 42.4 Å². The Labute approximate surface area is 198 Å². The number of anilines is 2. The summed E-state index contributed by atoms with van der Waals surface area (Å²) in [5.41, 5.74) is 10.2. The van der Waals surface area contributed by atoms with E-state index in [2.05, 4.69) is 20.5 Å². The van der Waals surface area contributed by atoms with Gasteiger partial charge in [0.25, 0.3) is 10.1 Å². The number of primary sulfonamides is 1. The summed E-state index contributed by atoms with van der Waals surface area (Å²) in [5.74, 6) is -1.28. The summed E-state index contributed by atoms with van der Waals surface area (Å²) in [6, 6.07) is 11.4. The van der Waals surface area contributed by atoms with E-state index in [1.807, 2.05) is 0 Å². The predicted molar refractivity (Wildman–Crippen MR) is 125 cm³/mol.